The molecule has 0 aliphatic heterocycles. The van der Waals surface area contributed by atoms with Crippen molar-refractivity contribution in [1.82, 2.24) is 4.57 Å². The maximum atomic E-state index is 13.0. The Morgan fingerprint density at radius 2 is 1.74 bits per heavy atom. The lowest BCUT2D eigenvalue weighted by atomic mass is 10.0. The summed E-state index contributed by atoms with van der Waals surface area (Å²) in [6.45, 7) is 6.13. The number of oxazole rings is 1. The number of sulfonamides is 1. The largest absolute Gasteiger partial charge is 0.419 e. The van der Waals surface area contributed by atoms with E-state index in [4.69, 9.17) is 16.0 Å². The van der Waals surface area contributed by atoms with Crippen molar-refractivity contribution in [3.05, 3.63) is 57.0 Å². The third kappa shape index (κ3) is 3.49. The summed E-state index contributed by atoms with van der Waals surface area (Å²) in [5.74, 6) is -0.546. The van der Waals surface area contributed by atoms with E-state index in [-0.39, 0.29) is 15.5 Å². The number of benzene rings is 2. The second-order valence-electron chi connectivity index (χ2n) is 6.13. The number of para-hydroxylation sites is 1. The first kappa shape index (κ1) is 19.5. The molecular formula is C19H21ClN2O4S. The first-order valence-corrected chi connectivity index (χ1v) is 10.6. The minimum absolute atomic E-state index is 0.0324. The Morgan fingerprint density at radius 1 is 1.11 bits per heavy atom. The number of anilines is 1. The number of hydrogen-bond acceptors (Lipinski definition) is 4. The first-order valence-electron chi connectivity index (χ1n) is 8.78. The van der Waals surface area contributed by atoms with Gasteiger partial charge in [-0.15, -0.1) is 0 Å². The van der Waals surface area contributed by atoms with Crippen molar-refractivity contribution in [1.29, 1.82) is 0 Å². The summed E-state index contributed by atoms with van der Waals surface area (Å²) in [5.41, 5.74) is 3.03. The average Bonchev–Trinajstić information content (AvgIpc) is 2.94. The summed E-state index contributed by atoms with van der Waals surface area (Å²) in [6.07, 6.45) is 1.37. The van der Waals surface area contributed by atoms with Crippen LogP contribution in [0.25, 0.3) is 11.1 Å². The van der Waals surface area contributed by atoms with E-state index in [1.165, 1.54) is 16.7 Å². The monoisotopic (exact) mass is 408 g/mol. The molecule has 0 amide bonds. The molecule has 1 N–H and O–H groups in total. The fraction of sp³-hybridized carbons (Fsp3) is 0.316. The number of aryl methyl sites for hydroxylation is 3. The number of halogens is 1. The highest BCUT2D eigenvalue weighted by Crippen LogP contribution is 2.31. The highest BCUT2D eigenvalue weighted by atomic mass is 35.5. The van der Waals surface area contributed by atoms with Gasteiger partial charge in [-0.05, 0) is 37.0 Å². The molecule has 3 rings (SSSR count). The van der Waals surface area contributed by atoms with Gasteiger partial charge >= 0.3 is 5.76 Å². The van der Waals surface area contributed by atoms with Gasteiger partial charge in [0, 0.05) is 12.6 Å². The molecule has 0 aliphatic carbocycles. The summed E-state index contributed by atoms with van der Waals surface area (Å²) in [5, 5.41) is 0.0324. The summed E-state index contributed by atoms with van der Waals surface area (Å²) in [6, 6.07) is 8.45. The molecule has 0 saturated heterocycles. The lowest BCUT2D eigenvalue weighted by Gasteiger charge is -2.16. The number of hydrogen-bond donors (Lipinski definition) is 1. The fourth-order valence-corrected chi connectivity index (χ4v) is 4.81. The van der Waals surface area contributed by atoms with E-state index in [1.54, 1.807) is 6.92 Å². The topological polar surface area (TPSA) is 81.3 Å². The molecule has 2 aromatic carbocycles. The van der Waals surface area contributed by atoms with Gasteiger partial charge in [0.05, 0.1) is 16.2 Å². The molecule has 0 saturated carbocycles. The van der Waals surface area contributed by atoms with Crippen molar-refractivity contribution in [2.24, 2.45) is 0 Å². The van der Waals surface area contributed by atoms with Crippen molar-refractivity contribution >= 4 is 38.4 Å². The molecule has 0 atom stereocenters. The predicted molar refractivity (Wildman–Crippen MR) is 107 cm³/mol. The van der Waals surface area contributed by atoms with E-state index in [0.717, 1.165) is 11.1 Å². The third-order valence-corrected chi connectivity index (χ3v) is 6.38. The van der Waals surface area contributed by atoms with Crippen LogP contribution in [0.5, 0.6) is 0 Å². The van der Waals surface area contributed by atoms with Crippen LogP contribution in [0.1, 0.15) is 31.9 Å². The molecule has 8 heteroatoms. The Balaban J connectivity index is 2.14. The van der Waals surface area contributed by atoms with E-state index in [0.29, 0.717) is 30.6 Å². The summed E-state index contributed by atoms with van der Waals surface area (Å²) in [7, 11) is -3.96. The van der Waals surface area contributed by atoms with Crippen LogP contribution < -0.4 is 10.5 Å². The Hall–Kier alpha value is -2.25. The van der Waals surface area contributed by atoms with E-state index >= 15 is 0 Å². The van der Waals surface area contributed by atoms with Gasteiger partial charge in [0.25, 0.3) is 10.0 Å². The molecule has 6 nitrogen and oxygen atoms in total. The van der Waals surface area contributed by atoms with Crippen molar-refractivity contribution in [2.45, 2.75) is 45.1 Å². The highest BCUT2D eigenvalue weighted by Gasteiger charge is 2.23. The van der Waals surface area contributed by atoms with Gasteiger partial charge in [0.1, 0.15) is 4.90 Å². The Morgan fingerprint density at radius 3 is 2.30 bits per heavy atom. The Bertz CT molecular complexity index is 1140. The predicted octanol–water partition coefficient (Wildman–Crippen LogP) is 4.19. The van der Waals surface area contributed by atoms with Crippen molar-refractivity contribution in [3.63, 3.8) is 0 Å². The molecule has 144 valence electrons. The number of fused-ring (bicyclic) bond motifs is 1. The lowest BCUT2D eigenvalue weighted by molar-refractivity contribution is 0.512. The Kier molecular flexibility index (Phi) is 5.35. The number of nitrogens with zero attached hydrogens (tertiary/aromatic N) is 1. The normalized spacial score (nSPS) is 11.9. The van der Waals surface area contributed by atoms with Gasteiger partial charge in [-0.2, -0.15) is 0 Å². The molecule has 1 heterocycles. The van der Waals surface area contributed by atoms with Crippen LogP contribution in [0, 0.1) is 0 Å². The summed E-state index contributed by atoms with van der Waals surface area (Å²) < 4.78 is 35.3. The van der Waals surface area contributed by atoms with E-state index in [9.17, 15) is 13.2 Å². The zero-order valence-corrected chi connectivity index (χ0v) is 16.9. The van der Waals surface area contributed by atoms with Crippen molar-refractivity contribution in [2.75, 3.05) is 4.72 Å². The summed E-state index contributed by atoms with van der Waals surface area (Å²) in [4.78, 5) is 11.8. The van der Waals surface area contributed by atoms with E-state index in [2.05, 4.69) is 4.72 Å². The molecule has 0 bridgehead atoms. The molecule has 0 radical (unpaired) electrons. The van der Waals surface area contributed by atoms with Crippen LogP contribution in [0.4, 0.5) is 5.69 Å². The quantitative estimate of drug-likeness (QED) is 0.662. The molecule has 1 aromatic heterocycles. The molecular weight excluding hydrogens is 388 g/mol. The smallest absolute Gasteiger partial charge is 0.408 e. The number of rotatable bonds is 6. The van der Waals surface area contributed by atoms with E-state index < -0.39 is 15.8 Å². The first-order chi connectivity index (χ1) is 12.8. The Labute approximate surface area is 162 Å². The molecule has 27 heavy (non-hydrogen) atoms. The zero-order chi connectivity index (χ0) is 19.8. The fourth-order valence-electron chi connectivity index (χ4n) is 3.13. The molecule has 0 spiro atoms. The van der Waals surface area contributed by atoms with Gasteiger partial charge < -0.3 is 4.42 Å². The minimum Gasteiger partial charge on any atom is -0.408 e. The van der Waals surface area contributed by atoms with Gasteiger partial charge in [0.15, 0.2) is 5.58 Å². The third-order valence-electron chi connectivity index (χ3n) is 4.56. The molecule has 0 aliphatic rings. The molecule has 3 aromatic rings. The molecule has 0 fully saturated rings. The van der Waals surface area contributed by atoms with Crippen LogP contribution >= 0.6 is 11.6 Å². The number of aromatic nitrogens is 1. The van der Waals surface area contributed by atoms with Gasteiger partial charge in [-0.3, -0.25) is 9.29 Å². The zero-order valence-electron chi connectivity index (χ0n) is 15.4. The minimum atomic E-state index is -3.96. The maximum Gasteiger partial charge on any atom is 0.419 e. The van der Waals surface area contributed by atoms with E-state index in [1.807, 2.05) is 32.0 Å². The molecule has 0 unspecified atom stereocenters. The average molecular weight is 409 g/mol. The van der Waals surface area contributed by atoms with Crippen molar-refractivity contribution in [3.8, 4) is 0 Å². The van der Waals surface area contributed by atoms with Crippen molar-refractivity contribution < 1.29 is 12.8 Å². The van der Waals surface area contributed by atoms with Crippen LogP contribution in [0.2, 0.25) is 5.02 Å². The second kappa shape index (κ2) is 7.40. The van der Waals surface area contributed by atoms with Gasteiger partial charge in [0.2, 0.25) is 0 Å². The van der Waals surface area contributed by atoms with Crippen LogP contribution in [-0.4, -0.2) is 13.0 Å². The van der Waals surface area contributed by atoms with Crippen LogP contribution in [0.3, 0.4) is 0 Å². The lowest BCUT2D eigenvalue weighted by Crippen LogP contribution is -2.16. The highest BCUT2D eigenvalue weighted by molar-refractivity contribution is 7.92. The van der Waals surface area contributed by atoms with Crippen LogP contribution in [0.15, 0.2) is 44.4 Å². The van der Waals surface area contributed by atoms with Gasteiger partial charge in [-0.1, -0.05) is 43.6 Å². The number of nitrogens with one attached hydrogen (secondary N) is 1. The summed E-state index contributed by atoms with van der Waals surface area (Å²) >= 11 is 6.26. The van der Waals surface area contributed by atoms with Crippen LogP contribution in [-0.2, 0) is 29.4 Å². The standard InChI is InChI=1S/C19H21ClN2O4S/c1-4-12-8-7-9-13(5-2)18(12)21-27(24,25)17-11-16-15(10-14(17)20)22(6-3)19(23)26-16/h7-11,21H,4-6H2,1-3H3. The second-order valence-corrected chi connectivity index (χ2v) is 8.18. The maximum absolute atomic E-state index is 13.0. The SMILES string of the molecule is CCc1cccc(CC)c1NS(=O)(=O)c1cc2oc(=O)n(CC)c2cc1Cl. The van der Waals surface area contributed by atoms with Gasteiger partial charge in [-0.25, -0.2) is 13.2 Å².